The van der Waals surface area contributed by atoms with Gasteiger partial charge in [0.15, 0.2) is 11.6 Å². The third-order valence-corrected chi connectivity index (χ3v) is 21.2. The minimum absolute atomic E-state index is 0.0421. The Morgan fingerprint density at radius 1 is 0.557 bits per heavy atom. The Kier molecular flexibility index (Phi) is 10.6. The molecule has 8 aliphatic carbocycles. The molecule has 6 saturated carbocycles. The number of hydrogen-bond acceptors (Lipinski definition) is 11. The Labute approximate surface area is 365 Å². The summed E-state index contributed by atoms with van der Waals surface area (Å²) >= 11 is 0. The van der Waals surface area contributed by atoms with Crippen LogP contribution in [0.1, 0.15) is 130 Å². The van der Waals surface area contributed by atoms with Gasteiger partial charge in [0, 0.05) is 79.2 Å². The minimum atomic E-state index is -0.537. The molecule has 61 heavy (non-hydrogen) atoms. The molecule has 0 aromatic rings. The number of hydrogen-bond donors (Lipinski definition) is 0. The van der Waals surface area contributed by atoms with Crippen LogP contribution in [0.2, 0.25) is 0 Å². The molecule has 8 fully saturated rings. The molecule has 0 spiro atoms. The minimum Gasteiger partial charge on any atom is -0.384 e. The molecule has 10 rings (SSSR count). The van der Waals surface area contributed by atoms with Gasteiger partial charge in [-0.1, -0.05) is 26.0 Å². The number of rotatable bonds is 16. The molecule has 2 aliphatic heterocycles. The van der Waals surface area contributed by atoms with Crippen LogP contribution in [-0.2, 0) is 52.1 Å². The summed E-state index contributed by atoms with van der Waals surface area (Å²) in [5, 5.41) is 0. The second-order valence-corrected chi connectivity index (χ2v) is 22.2. The summed E-state index contributed by atoms with van der Waals surface area (Å²) in [6, 6.07) is 0. The van der Waals surface area contributed by atoms with Gasteiger partial charge in [-0.25, -0.2) is 0 Å². The van der Waals surface area contributed by atoms with E-state index in [2.05, 4.69) is 39.8 Å². The predicted octanol–water partition coefficient (Wildman–Crippen LogP) is 8.67. The maximum Gasteiger partial charge on any atom is 0.170 e. The average Bonchev–Trinajstić information content (AvgIpc) is 4.09. The van der Waals surface area contributed by atoms with E-state index in [4.69, 9.17) is 52.1 Å². The third kappa shape index (κ3) is 5.61. The van der Waals surface area contributed by atoms with Gasteiger partial charge in [0.1, 0.15) is 36.0 Å². The van der Waals surface area contributed by atoms with Crippen molar-refractivity contribution in [3.63, 3.8) is 0 Å². The zero-order valence-corrected chi connectivity index (χ0v) is 39.3. The van der Waals surface area contributed by atoms with E-state index >= 15 is 0 Å². The summed E-state index contributed by atoms with van der Waals surface area (Å²) in [6.45, 7) is 11.3. The molecule has 0 aromatic carbocycles. The van der Waals surface area contributed by atoms with Crippen LogP contribution in [-0.4, -0.2) is 116 Å². The van der Waals surface area contributed by atoms with Gasteiger partial charge in [-0.15, -0.1) is 0 Å². The van der Waals surface area contributed by atoms with Gasteiger partial charge in [-0.2, -0.15) is 0 Å². The molecular formula is C50H78O11. The Hall–Kier alpha value is -0.960. The highest BCUT2D eigenvalue weighted by Crippen LogP contribution is 2.77. The van der Waals surface area contributed by atoms with E-state index in [1.807, 2.05) is 14.2 Å². The highest BCUT2D eigenvalue weighted by molar-refractivity contribution is 5.45. The van der Waals surface area contributed by atoms with Gasteiger partial charge >= 0.3 is 0 Å². The first kappa shape index (κ1) is 43.9. The first-order valence-electron chi connectivity index (χ1n) is 24.0. The van der Waals surface area contributed by atoms with Crippen LogP contribution in [0.4, 0.5) is 0 Å². The normalized spacial score (nSPS) is 49.0. The quantitative estimate of drug-likeness (QED) is 0.0645. The number of allylic oxidation sites excluding steroid dienone is 2. The fourth-order valence-electron chi connectivity index (χ4n) is 17.6. The van der Waals surface area contributed by atoms with Gasteiger partial charge < -0.3 is 52.1 Å². The largest absolute Gasteiger partial charge is 0.384 e. The van der Waals surface area contributed by atoms with E-state index in [9.17, 15) is 0 Å². The lowest BCUT2D eigenvalue weighted by Crippen LogP contribution is -2.56. The van der Waals surface area contributed by atoms with E-state index in [1.54, 1.807) is 39.6 Å². The highest BCUT2D eigenvalue weighted by atomic mass is 16.7. The van der Waals surface area contributed by atoms with E-state index in [0.29, 0.717) is 36.9 Å². The van der Waals surface area contributed by atoms with Crippen molar-refractivity contribution in [2.45, 2.75) is 177 Å². The maximum atomic E-state index is 6.88. The van der Waals surface area contributed by atoms with E-state index < -0.39 is 11.6 Å². The van der Waals surface area contributed by atoms with Crippen molar-refractivity contribution in [1.82, 2.24) is 0 Å². The standard InChI is InChI=1S/C50H78O11/c1-33(43(29-51-5)19-15-37-35-11-21-45-27-47(53-7,54-8)23-25-49(45,60-45)39(35)13-17-41(37,43)3)58-31-57-32-59-34(2)44(30-52-6)20-16-38-36-12-22-46-28-48(55-9,56-10)24-26-50(46,61-46)40(36)14-18-42(38,44)4/h13-14,33-38H,11-12,15-32H2,1-10H3/t33-,34+,35?,36?,37?,38?,41-,42-,43+,44-,45-,46+,49-,50+/m0/s1. The summed E-state index contributed by atoms with van der Waals surface area (Å²) in [5.74, 6) is 1.11. The van der Waals surface area contributed by atoms with Crippen LogP contribution in [0.25, 0.3) is 0 Å². The topological polar surface area (TPSA) is 108 Å². The number of epoxide rings is 2. The van der Waals surface area contributed by atoms with E-state index in [-0.39, 0.29) is 69.9 Å². The van der Waals surface area contributed by atoms with Crippen molar-refractivity contribution in [2.75, 3.05) is 69.5 Å². The SMILES string of the molecule is COC[C@@]1([C@H](C)OCOCO[C@H](C)[C@@]2(COC)CCC3C4CC[C@@]56CC(OC)(OC)CC[C@@]5(O6)C4=CC[C@@]32C)CCC2C3CC[C@]45CC(OC)(OC)CC[C@]4(O5)C3=CC[C@@]21C. The molecule has 10 aliphatic rings. The van der Waals surface area contributed by atoms with E-state index in [0.717, 1.165) is 89.9 Å². The van der Waals surface area contributed by atoms with Gasteiger partial charge in [0.2, 0.25) is 0 Å². The average molecular weight is 855 g/mol. The third-order valence-electron chi connectivity index (χ3n) is 21.2. The van der Waals surface area contributed by atoms with Crippen LogP contribution in [0.5, 0.6) is 0 Å². The summed E-state index contributed by atoms with van der Waals surface area (Å²) in [7, 11) is 10.8. The predicted molar refractivity (Wildman–Crippen MR) is 227 cm³/mol. The molecular weight excluding hydrogens is 777 g/mol. The van der Waals surface area contributed by atoms with Crippen molar-refractivity contribution in [3.8, 4) is 0 Å². The summed E-state index contributed by atoms with van der Waals surface area (Å²) in [6.07, 6.45) is 21.3. The second kappa shape index (κ2) is 14.8. The zero-order chi connectivity index (χ0) is 43.0. The smallest absolute Gasteiger partial charge is 0.170 e. The molecule has 344 valence electrons. The van der Waals surface area contributed by atoms with Crippen LogP contribution >= 0.6 is 0 Å². The fourth-order valence-corrected chi connectivity index (χ4v) is 17.6. The lowest BCUT2D eigenvalue weighted by molar-refractivity contribution is -0.230. The van der Waals surface area contributed by atoms with Gasteiger partial charge in [0.05, 0.1) is 25.4 Å². The molecule has 0 amide bonds. The van der Waals surface area contributed by atoms with Crippen molar-refractivity contribution in [2.24, 2.45) is 45.3 Å². The van der Waals surface area contributed by atoms with Crippen molar-refractivity contribution in [3.05, 3.63) is 23.3 Å². The van der Waals surface area contributed by atoms with E-state index in [1.165, 1.54) is 12.8 Å². The lowest BCUT2D eigenvalue weighted by Gasteiger charge is -2.55. The van der Waals surface area contributed by atoms with Crippen molar-refractivity contribution >= 4 is 0 Å². The number of fused-ring (bicyclic) bond motifs is 6. The van der Waals surface area contributed by atoms with Crippen LogP contribution < -0.4 is 0 Å². The Bertz CT molecular complexity index is 1630. The van der Waals surface area contributed by atoms with Crippen LogP contribution in [0.3, 0.4) is 0 Å². The molecule has 2 saturated heterocycles. The Morgan fingerprint density at radius 2 is 0.967 bits per heavy atom. The molecule has 0 N–H and O–H groups in total. The lowest BCUT2D eigenvalue weighted by atomic mass is 9.50. The van der Waals surface area contributed by atoms with Gasteiger partial charge in [-0.3, -0.25) is 0 Å². The number of ether oxygens (including phenoxy) is 11. The molecule has 0 aromatic heterocycles. The van der Waals surface area contributed by atoms with Crippen molar-refractivity contribution < 1.29 is 52.1 Å². The van der Waals surface area contributed by atoms with Crippen molar-refractivity contribution in [1.29, 1.82) is 0 Å². The monoisotopic (exact) mass is 855 g/mol. The first-order chi connectivity index (χ1) is 29.2. The molecule has 0 radical (unpaired) electrons. The fraction of sp³-hybridized carbons (Fsp3) is 0.920. The summed E-state index contributed by atoms with van der Waals surface area (Å²) in [5.41, 5.74) is 2.40. The second-order valence-electron chi connectivity index (χ2n) is 22.2. The highest BCUT2D eigenvalue weighted by Gasteiger charge is 2.81. The zero-order valence-electron chi connectivity index (χ0n) is 39.3. The first-order valence-corrected chi connectivity index (χ1v) is 24.0. The molecule has 4 unspecified atom stereocenters. The number of methoxy groups -OCH3 is 6. The Morgan fingerprint density at radius 3 is 1.34 bits per heavy atom. The van der Waals surface area contributed by atoms with Crippen LogP contribution in [0, 0.1) is 45.3 Å². The molecule has 11 nitrogen and oxygen atoms in total. The van der Waals surface area contributed by atoms with Gasteiger partial charge in [-0.05, 0) is 137 Å². The Balaban J connectivity index is 0.780. The van der Waals surface area contributed by atoms with Gasteiger partial charge in [0.25, 0.3) is 0 Å². The maximum absolute atomic E-state index is 6.88. The molecule has 11 heteroatoms. The molecule has 14 atom stereocenters. The summed E-state index contributed by atoms with van der Waals surface area (Å²) in [4.78, 5) is 0. The summed E-state index contributed by atoms with van der Waals surface area (Å²) < 4.78 is 69.4. The molecule has 2 heterocycles. The van der Waals surface area contributed by atoms with Crippen LogP contribution in [0.15, 0.2) is 23.3 Å². The molecule has 0 bridgehead atoms.